The molecular formula is C29H33NO3. The molecule has 0 N–H and O–H groups in total. The summed E-state index contributed by atoms with van der Waals surface area (Å²) in [6.45, 7) is 11.2. The maximum atomic E-state index is 6.08. The number of nitrogens with zero attached hydrogens (tertiary/aromatic N) is 1. The van der Waals surface area contributed by atoms with Gasteiger partial charge in [0.15, 0.2) is 11.5 Å². The molecule has 0 radical (unpaired) electrons. The Kier molecular flexibility index (Phi) is 9.62. The summed E-state index contributed by atoms with van der Waals surface area (Å²) in [7, 11) is 1.67. The Hall–Kier alpha value is -3.50. The van der Waals surface area contributed by atoms with E-state index in [9.17, 15) is 0 Å². The Labute approximate surface area is 197 Å². The van der Waals surface area contributed by atoms with Gasteiger partial charge in [0.1, 0.15) is 19.0 Å². The zero-order valence-electron chi connectivity index (χ0n) is 19.4. The molecule has 0 saturated heterocycles. The number of ether oxygens (including phenoxy) is 3. The second-order valence-corrected chi connectivity index (χ2v) is 7.78. The highest BCUT2D eigenvalue weighted by molar-refractivity contribution is 5.43. The van der Waals surface area contributed by atoms with Crippen molar-refractivity contribution in [2.24, 2.45) is 0 Å². The lowest BCUT2D eigenvalue weighted by atomic mass is 10.1. The van der Waals surface area contributed by atoms with Crippen LogP contribution in [0.25, 0.3) is 0 Å². The Morgan fingerprint density at radius 3 is 2.24 bits per heavy atom. The second kappa shape index (κ2) is 13.1. The van der Waals surface area contributed by atoms with E-state index in [1.165, 1.54) is 11.1 Å². The van der Waals surface area contributed by atoms with Gasteiger partial charge in [-0.1, -0.05) is 67.3 Å². The first kappa shape index (κ1) is 24.1. The molecule has 0 fully saturated rings. The quantitative estimate of drug-likeness (QED) is 0.283. The van der Waals surface area contributed by atoms with Gasteiger partial charge in [0.25, 0.3) is 0 Å². The van der Waals surface area contributed by atoms with Crippen LogP contribution < -0.4 is 14.2 Å². The Balaban J connectivity index is 1.61. The number of methoxy groups -OCH3 is 1. The van der Waals surface area contributed by atoms with Crippen LogP contribution in [0.5, 0.6) is 17.2 Å². The van der Waals surface area contributed by atoms with Gasteiger partial charge in [-0.2, -0.15) is 0 Å². The third-order valence-corrected chi connectivity index (χ3v) is 5.27. The molecule has 0 spiro atoms. The summed E-state index contributed by atoms with van der Waals surface area (Å²) in [4.78, 5) is 2.37. The van der Waals surface area contributed by atoms with Gasteiger partial charge in [0.2, 0.25) is 0 Å². The average Bonchev–Trinajstić information content (AvgIpc) is 2.86. The first-order valence-electron chi connectivity index (χ1n) is 11.2. The molecule has 0 aromatic heterocycles. The average molecular weight is 444 g/mol. The number of hydrogen-bond acceptors (Lipinski definition) is 4. The fourth-order valence-electron chi connectivity index (χ4n) is 3.54. The zero-order valence-corrected chi connectivity index (χ0v) is 19.4. The fourth-order valence-corrected chi connectivity index (χ4v) is 3.54. The van der Waals surface area contributed by atoms with Gasteiger partial charge in [-0.25, -0.2) is 0 Å². The standard InChI is InChI=1S/C29H33NO3/c1-4-18-30(19-17-24-11-14-27(15-12-24)32-20-5-2)22-26-13-16-28(31-3)29(21-26)33-23-25-9-7-6-8-10-25/h4-16,21H,1-2,17-20,22-23H2,3H3. The van der Waals surface area contributed by atoms with E-state index in [2.05, 4.69) is 54.5 Å². The second-order valence-electron chi connectivity index (χ2n) is 7.78. The van der Waals surface area contributed by atoms with Crippen LogP contribution in [0.1, 0.15) is 16.7 Å². The van der Waals surface area contributed by atoms with Crippen molar-refractivity contribution in [2.75, 3.05) is 26.8 Å². The van der Waals surface area contributed by atoms with Crippen LogP contribution in [0, 0.1) is 0 Å². The largest absolute Gasteiger partial charge is 0.493 e. The summed E-state index contributed by atoms with van der Waals surface area (Å²) in [5.74, 6) is 2.36. The summed E-state index contributed by atoms with van der Waals surface area (Å²) in [6, 6.07) is 24.5. The molecule has 3 aromatic rings. The third-order valence-electron chi connectivity index (χ3n) is 5.27. The predicted molar refractivity (Wildman–Crippen MR) is 135 cm³/mol. The lowest BCUT2D eigenvalue weighted by molar-refractivity contribution is 0.279. The molecule has 0 bridgehead atoms. The minimum absolute atomic E-state index is 0.504. The molecule has 0 saturated carbocycles. The van der Waals surface area contributed by atoms with E-state index >= 15 is 0 Å². The highest BCUT2D eigenvalue weighted by Crippen LogP contribution is 2.29. The highest BCUT2D eigenvalue weighted by Gasteiger charge is 2.10. The van der Waals surface area contributed by atoms with Crippen molar-refractivity contribution < 1.29 is 14.2 Å². The molecule has 3 rings (SSSR count). The van der Waals surface area contributed by atoms with Crippen LogP contribution in [-0.4, -0.2) is 31.7 Å². The van der Waals surface area contributed by atoms with Crippen molar-refractivity contribution in [3.8, 4) is 17.2 Å². The van der Waals surface area contributed by atoms with E-state index in [0.717, 1.165) is 48.9 Å². The normalized spacial score (nSPS) is 10.6. The smallest absolute Gasteiger partial charge is 0.161 e. The van der Waals surface area contributed by atoms with Crippen LogP contribution >= 0.6 is 0 Å². The minimum Gasteiger partial charge on any atom is -0.493 e. The summed E-state index contributed by atoms with van der Waals surface area (Å²) in [6.07, 6.45) is 4.64. The molecule has 0 amide bonds. The van der Waals surface area contributed by atoms with E-state index in [1.807, 2.05) is 42.5 Å². The predicted octanol–water partition coefficient (Wildman–Crippen LogP) is 6.07. The molecule has 0 unspecified atom stereocenters. The molecule has 0 aliphatic heterocycles. The van der Waals surface area contributed by atoms with E-state index < -0.39 is 0 Å². The van der Waals surface area contributed by atoms with Crippen LogP contribution in [-0.2, 0) is 19.6 Å². The van der Waals surface area contributed by atoms with E-state index in [1.54, 1.807) is 13.2 Å². The molecule has 172 valence electrons. The SMILES string of the molecule is C=CCOc1ccc(CCN(CC=C)Cc2ccc(OC)c(OCc3ccccc3)c2)cc1. The van der Waals surface area contributed by atoms with Gasteiger partial charge < -0.3 is 14.2 Å². The van der Waals surface area contributed by atoms with Crippen molar-refractivity contribution in [1.82, 2.24) is 4.90 Å². The summed E-state index contributed by atoms with van der Waals surface area (Å²) in [5, 5.41) is 0. The molecule has 4 nitrogen and oxygen atoms in total. The third kappa shape index (κ3) is 7.85. The lowest BCUT2D eigenvalue weighted by Crippen LogP contribution is -2.25. The van der Waals surface area contributed by atoms with E-state index in [0.29, 0.717) is 13.2 Å². The zero-order chi connectivity index (χ0) is 23.3. The van der Waals surface area contributed by atoms with Gasteiger partial charge in [-0.05, 0) is 47.4 Å². The van der Waals surface area contributed by atoms with Gasteiger partial charge in [0.05, 0.1) is 7.11 Å². The topological polar surface area (TPSA) is 30.9 Å². The summed E-state index contributed by atoms with van der Waals surface area (Å²) < 4.78 is 17.2. The first-order chi connectivity index (χ1) is 16.2. The van der Waals surface area contributed by atoms with Crippen molar-refractivity contribution in [2.45, 2.75) is 19.6 Å². The van der Waals surface area contributed by atoms with Crippen molar-refractivity contribution >= 4 is 0 Å². The van der Waals surface area contributed by atoms with Crippen LogP contribution in [0.4, 0.5) is 0 Å². The van der Waals surface area contributed by atoms with Crippen molar-refractivity contribution in [3.05, 3.63) is 115 Å². The fraction of sp³-hybridized carbons (Fsp3) is 0.241. The number of rotatable bonds is 14. The van der Waals surface area contributed by atoms with E-state index in [-0.39, 0.29) is 0 Å². The van der Waals surface area contributed by atoms with Gasteiger partial charge >= 0.3 is 0 Å². The maximum absolute atomic E-state index is 6.08. The molecule has 4 heteroatoms. The van der Waals surface area contributed by atoms with Crippen molar-refractivity contribution in [3.63, 3.8) is 0 Å². The van der Waals surface area contributed by atoms with Crippen LogP contribution in [0.3, 0.4) is 0 Å². The Morgan fingerprint density at radius 1 is 0.788 bits per heavy atom. The Bertz CT molecular complexity index is 999. The molecule has 3 aromatic carbocycles. The van der Waals surface area contributed by atoms with Crippen LogP contribution in [0.15, 0.2) is 98.1 Å². The molecule has 33 heavy (non-hydrogen) atoms. The molecular weight excluding hydrogens is 410 g/mol. The first-order valence-corrected chi connectivity index (χ1v) is 11.2. The van der Waals surface area contributed by atoms with Gasteiger partial charge in [-0.3, -0.25) is 4.90 Å². The van der Waals surface area contributed by atoms with Crippen LogP contribution in [0.2, 0.25) is 0 Å². The monoisotopic (exact) mass is 443 g/mol. The lowest BCUT2D eigenvalue weighted by Gasteiger charge is -2.22. The minimum atomic E-state index is 0.504. The summed E-state index contributed by atoms with van der Waals surface area (Å²) >= 11 is 0. The highest BCUT2D eigenvalue weighted by atomic mass is 16.5. The van der Waals surface area contributed by atoms with Gasteiger partial charge in [-0.15, -0.1) is 6.58 Å². The summed E-state index contributed by atoms with van der Waals surface area (Å²) in [5.41, 5.74) is 3.57. The Morgan fingerprint density at radius 2 is 1.55 bits per heavy atom. The molecule has 0 heterocycles. The number of hydrogen-bond donors (Lipinski definition) is 0. The molecule has 0 aliphatic rings. The maximum Gasteiger partial charge on any atom is 0.161 e. The van der Waals surface area contributed by atoms with E-state index in [4.69, 9.17) is 14.2 Å². The van der Waals surface area contributed by atoms with Crippen molar-refractivity contribution in [1.29, 1.82) is 0 Å². The van der Waals surface area contributed by atoms with Gasteiger partial charge in [0, 0.05) is 19.6 Å². The molecule has 0 atom stereocenters. The number of benzene rings is 3. The molecule has 0 aliphatic carbocycles.